The van der Waals surface area contributed by atoms with Gasteiger partial charge in [-0.3, -0.25) is 4.90 Å². The lowest BCUT2D eigenvalue weighted by Crippen LogP contribution is -2.47. The van der Waals surface area contributed by atoms with E-state index in [1.807, 2.05) is 13.8 Å². The van der Waals surface area contributed by atoms with Crippen molar-refractivity contribution in [3.8, 4) is 0 Å². The van der Waals surface area contributed by atoms with Crippen LogP contribution in [0.2, 0.25) is 0 Å². The number of carboxylic acids is 1. The lowest BCUT2D eigenvalue weighted by Gasteiger charge is -2.38. The zero-order valence-electron chi connectivity index (χ0n) is 13.0. The van der Waals surface area contributed by atoms with Gasteiger partial charge in [0.05, 0.1) is 6.33 Å². The summed E-state index contributed by atoms with van der Waals surface area (Å²) >= 11 is 0. The van der Waals surface area contributed by atoms with Crippen molar-refractivity contribution in [1.29, 1.82) is 0 Å². The molecule has 1 aliphatic heterocycles. The molecule has 0 fully saturated rings. The van der Waals surface area contributed by atoms with Crippen LogP contribution >= 0.6 is 0 Å². The van der Waals surface area contributed by atoms with Crippen LogP contribution in [-0.2, 0) is 4.74 Å². The second-order valence-electron chi connectivity index (χ2n) is 6.41. The minimum absolute atomic E-state index is 0.0780. The van der Waals surface area contributed by atoms with E-state index in [4.69, 9.17) is 4.74 Å². The third-order valence-corrected chi connectivity index (χ3v) is 3.39. The number of carbonyl (C=O) groups is 2. The zero-order valence-corrected chi connectivity index (χ0v) is 13.0. The summed E-state index contributed by atoms with van der Waals surface area (Å²) in [6.45, 7) is 9.18. The first kappa shape index (κ1) is 15.3. The van der Waals surface area contributed by atoms with Crippen molar-refractivity contribution in [1.82, 2.24) is 9.55 Å². The Balaban J connectivity index is 2.47. The molecule has 1 aromatic rings. The molecule has 1 aromatic heterocycles. The van der Waals surface area contributed by atoms with E-state index < -0.39 is 17.7 Å². The van der Waals surface area contributed by atoms with Crippen LogP contribution < -0.4 is 4.90 Å². The molecule has 0 spiro atoms. The Hall–Kier alpha value is -2.05. The van der Waals surface area contributed by atoms with Crippen molar-refractivity contribution in [3.63, 3.8) is 0 Å². The first-order valence-corrected chi connectivity index (χ1v) is 6.94. The standard InChI is InChI=1S/C14H21N3O4/c1-8-6-9(2)17(13(20)21-14(3,4)5)11-10(12(18)19)15-7-16(8)11/h7-9H,6H2,1-5H3,(H,18,19)/t8-,9+/m0/s1. The topological polar surface area (TPSA) is 84.7 Å². The first-order valence-electron chi connectivity index (χ1n) is 6.94. The summed E-state index contributed by atoms with van der Waals surface area (Å²) in [6, 6.07) is -0.0774. The molecule has 2 heterocycles. The van der Waals surface area contributed by atoms with Crippen LogP contribution in [0.25, 0.3) is 0 Å². The second-order valence-corrected chi connectivity index (χ2v) is 6.41. The van der Waals surface area contributed by atoms with E-state index in [9.17, 15) is 14.7 Å². The van der Waals surface area contributed by atoms with Crippen molar-refractivity contribution >= 4 is 17.9 Å². The summed E-state index contributed by atoms with van der Waals surface area (Å²) in [5, 5.41) is 9.28. The van der Waals surface area contributed by atoms with Crippen LogP contribution in [0.4, 0.5) is 10.6 Å². The number of carbonyl (C=O) groups excluding carboxylic acids is 1. The third-order valence-electron chi connectivity index (χ3n) is 3.39. The van der Waals surface area contributed by atoms with Gasteiger partial charge in [-0.05, 0) is 41.0 Å². The maximum Gasteiger partial charge on any atom is 0.416 e. The molecule has 0 radical (unpaired) electrons. The number of fused-ring (bicyclic) bond motifs is 1. The fraction of sp³-hybridized carbons (Fsp3) is 0.643. The molecule has 0 bridgehead atoms. The van der Waals surface area contributed by atoms with E-state index in [-0.39, 0.29) is 17.8 Å². The van der Waals surface area contributed by atoms with E-state index in [0.717, 1.165) is 0 Å². The molecular formula is C14H21N3O4. The van der Waals surface area contributed by atoms with Crippen molar-refractivity contribution in [3.05, 3.63) is 12.0 Å². The number of imidazole rings is 1. The number of anilines is 1. The molecule has 0 saturated heterocycles. The molecule has 0 unspecified atom stereocenters. The monoisotopic (exact) mass is 295 g/mol. The van der Waals surface area contributed by atoms with Gasteiger partial charge in [-0.1, -0.05) is 0 Å². The van der Waals surface area contributed by atoms with E-state index >= 15 is 0 Å². The summed E-state index contributed by atoms with van der Waals surface area (Å²) < 4.78 is 7.11. The van der Waals surface area contributed by atoms with Crippen LogP contribution in [-0.4, -0.2) is 38.4 Å². The summed E-state index contributed by atoms with van der Waals surface area (Å²) in [4.78, 5) is 29.1. The highest BCUT2D eigenvalue weighted by molar-refractivity contribution is 5.98. The Labute approximate surface area is 123 Å². The molecule has 7 heteroatoms. The van der Waals surface area contributed by atoms with Gasteiger partial charge in [-0.15, -0.1) is 0 Å². The number of amides is 1. The smallest absolute Gasteiger partial charge is 0.416 e. The lowest BCUT2D eigenvalue weighted by atomic mass is 10.1. The Bertz CT molecular complexity index is 573. The number of hydrogen-bond acceptors (Lipinski definition) is 4. The summed E-state index contributed by atoms with van der Waals surface area (Å²) in [5.74, 6) is -0.860. The minimum Gasteiger partial charge on any atom is -0.476 e. The highest BCUT2D eigenvalue weighted by atomic mass is 16.6. The fourth-order valence-electron chi connectivity index (χ4n) is 2.57. The molecule has 21 heavy (non-hydrogen) atoms. The van der Waals surface area contributed by atoms with Gasteiger partial charge in [0.1, 0.15) is 5.60 Å². The molecule has 7 nitrogen and oxygen atoms in total. The molecular weight excluding hydrogens is 274 g/mol. The largest absolute Gasteiger partial charge is 0.476 e. The molecule has 1 N–H and O–H groups in total. The summed E-state index contributed by atoms with van der Waals surface area (Å²) in [5.41, 5.74) is -0.770. The molecule has 2 atom stereocenters. The van der Waals surface area contributed by atoms with Gasteiger partial charge >= 0.3 is 12.1 Å². The zero-order chi connectivity index (χ0) is 15.9. The highest BCUT2D eigenvalue weighted by Gasteiger charge is 2.38. The summed E-state index contributed by atoms with van der Waals surface area (Å²) in [7, 11) is 0. The Kier molecular flexibility index (Phi) is 3.69. The third kappa shape index (κ3) is 2.86. The molecule has 0 saturated carbocycles. The van der Waals surface area contributed by atoms with Gasteiger partial charge in [-0.2, -0.15) is 0 Å². The van der Waals surface area contributed by atoms with Crippen LogP contribution in [0.3, 0.4) is 0 Å². The SMILES string of the molecule is C[C@@H]1C[C@H](C)n2cnc(C(=O)O)c2N1C(=O)OC(C)(C)C. The van der Waals surface area contributed by atoms with Gasteiger partial charge in [0.15, 0.2) is 11.5 Å². The van der Waals surface area contributed by atoms with Gasteiger partial charge < -0.3 is 14.4 Å². The number of hydrogen-bond donors (Lipinski definition) is 1. The van der Waals surface area contributed by atoms with Crippen molar-refractivity contribution in [2.45, 2.75) is 58.7 Å². The fourth-order valence-corrected chi connectivity index (χ4v) is 2.57. The quantitative estimate of drug-likeness (QED) is 0.861. The lowest BCUT2D eigenvalue weighted by molar-refractivity contribution is 0.0554. The average Bonchev–Trinajstić information content (AvgIpc) is 2.70. The Morgan fingerprint density at radius 2 is 1.95 bits per heavy atom. The predicted octanol–water partition coefficient (Wildman–Crippen LogP) is 2.68. The average molecular weight is 295 g/mol. The molecule has 2 rings (SSSR count). The van der Waals surface area contributed by atoms with Crippen LogP contribution in [0.15, 0.2) is 6.33 Å². The van der Waals surface area contributed by atoms with Crippen LogP contribution in [0.5, 0.6) is 0 Å². The first-order chi connectivity index (χ1) is 9.61. The van der Waals surface area contributed by atoms with E-state index in [0.29, 0.717) is 12.2 Å². The number of nitrogens with zero attached hydrogens (tertiary/aromatic N) is 3. The van der Waals surface area contributed by atoms with Gasteiger partial charge in [0.2, 0.25) is 0 Å². The number of aromatic nitrogens is 2. The number of aromatic carboxylic acids is 1. The Morgan fingerprint density at radius 3 is 2.48 bits per heavy atom. The van der Waals surface area contributed by atoms with Gasteiger partial charge in [0.25, 0.3) is 0 Å². The molecule has 0 aliphatic carbocycles. The number of rotatable bonds is 1. The maximum absolute atomic E-state index is 12.4. The van der Waals surface area contributed by atoms with Crippen LogP contribution in [0, 0.1) is 0 Å². The molecule has 0 aromatic carbocycles. The second kappa shape index (κ2) is 5.05. The molecule has 1 aliphatic rings. The van der Waals surface area contributed by atoms with E-state index in [1.54, 1.807) is 25.3 Å². The highest BCUT2D eigenvalue weighted by Crippen LogP contribution is 2.35. The van der Waals surface area contributed by atoms with E-state index in [1.165, 1.54) is 11.2 Å². The van der Waals surface area contributed by atoms with Gasteiger partial charge in [-0.25, -0.2) is 14.6 Å². The minimum atomic E-state index is -1.15. The summed E-state index contributed by atoms with van der Waals surface area (Å²) in [6.07, 6.45) is 1.63. The molecule has 116 valence electrons. The van der Waals surface area contributed by atoms with Gasteiger partial charge in [0, 0.05) is 12.1 Å². The van der Waals surface area contributed by atoms with Crippen molar-refractivity contribution in [2.75, 3.05) is 4.90 Å². The van der Waals surface area contributed by atoms with Crippen molar-refractivity contribution in [2.24, 2.45) is 0 Å². The predicted molar refractivity (Wildman–Crippen MR) is 76.7 cm³/mol. The number of ether oxygens (including phenoxy) is 1. The Morgan fingerprint density at radius 1 is 1.33 bits per heavy atom. The van der Waals surface area contributed by atoms with Crippen LogP contribution in [0.1, 0.15) is 57.6 Å². The van der Waals surface area contributed by atoms with E-state index in [2.05, 4.69) is 4.98 Å². The number of carboxylic acid groups (broad SMARTS) is 1. The van der Waals surface area contributed by atoms with Crippen molar-refractivity contribution < 1.29 is 19.4 Å². The maximum atomic E-state index is 12.4. The normalized spacial score (nSPS) is 21.9. The molecule has 1 amide bonds.